The summed E-state index contributed by atoms with van der Waals surface area (Å²) >= 11 is 0. The molecule has 7 heteroatoms. The van der Waals surface area contributed by atoms with Crippen molar-refractivity contribution in [3.63, 3.8) is 0 Å². The van der Waals surface area contributed by atoms with Crippen molar-refractivity contribution >= 4 is 17.5 Å². The number of benzene rings is 1. The highest BCUT2D eigenvalue weighted by Gasteiger charge is 2.36. The van der Waals surface area contributed by atoms with Gasteiger partial charge in [-0.1, -0.05) is 12.1 Å². The zero-order valence-corrected chi connectivity index (χ0v) is 16.4. The maximum Gasteiger partial charge on any atom is 0.323 e. The number of alkyl halides is 1. The Bertz CT molecular complexity index is 902. The minimum absolute atomic E-state index is 0.220. The summed E-state index contributed by atoms with van der Waals surface area (Å²) in [6.07, 6.45) is -0.206. The summed E-state index contributed by atoms with van der Waals surface area (Å²) in [5.74, 6) is 1.09. The Kier molecular flexibility index (Phi) is 4.61. The maximum absolute atomic E-state index is 13.6. The Morgan fingerprint density at radius 2 is 2.14 bits per heavy atom. The van der Waals surface area contributed by atoms with Gasteiger partial charge in [0.2, 0.25) is 0 Å². The SMILES string of the molecule is CNC(=O)N1CC(C)(C)Oc2ccc(-c3cccc(N4CC[C@@H](F)C4)c3)nc21. The minimum Gasteiger partial charge on any atom is -0.482 e. The van der Waals surface area contributed by atoms with Gasteiger partial charge in [0.25, 0.3) is 0 Å². The lowest BCUT2D eigenvalue weighted by Gasteiger charge is -2.38. The Labute approximate surface area is 164 Å². The molecule has 2 amide bonds. The Balaban J connectivity index is 1.70. The second kappa shape index (κ2) is 6.96. The number of carbonyl (C=O) groups excluding carboxylic acids is 1. The molecule has 1 N–H and O–H groups in total. The number of halogens is 1. The molecule has 148 valence electrons. The highest BCUT2D eigenvalue weighted by molar-refractivity contribution is 5.93. The van der Waals surface area contributed by atoms with Crippen LogP contribution in [0.15, 0.2) is 36.4 Å². The van der Waals surface area contributed by atoms with Gasteiger partial charge in [0.15, 0.2) is 11.6 Å². The van der Waals surface area contributed by atoms with Crippen molar-refractivity contribution in [3.05, 3.63) is 36.4 Å². The third-order valence-corrected chi connectivity index (χ3v) is 5.12. The molecule has 0 saturated carbocycles. The van der Waals surface area contributed by atoms with Crippen molar-refractivity contribution in [1.29, 1.82) is 0 Å². The molecule has 0 spiro atoms. The van der Waals surface area contributed by atoms with E-state index in [4.69, 9.17) is 9.72 Å². The lowest BCUT2D eigenvalue weighted by atomic mass is 10.1. The van der Waals surface area contributed by atoms with Gasteiger partial charge in [-0.25, -0.2) is 14.2 Å². The first-order valence-corrected chi connectivity index (χ1v) is 9.55. The smallest absolute Gasteiger partial charge is 0.323 e. The van der Waals surface area contributed by atoms with E-state index in [1.54, 1.807) is 11.9 Å². The largest absolute Gasteiger partial charge is 0.482 e. The van der Waals surface area contributed by atoms with E-state index in [0.717, 1.165) is 23.5 Å². The molecule has 0 aliphatic carbocycles. The van der Waals surface area contributed by atoms with E-state index in [2.05, 4.69) is 10.2 Å². The van der Waals surface area contributed by atoms with Crippen LogP contribution < -0.4 is 19.9 Å². The summed E-state index contributed by atoms with van der Waals surface area (Å²) in [4.78, 5) is 20.8. The molecule has 0 bridgehead atoms. The highest BCUT2D eigenvalue weighted by Crippen LogP contribution is 2.37. The molecule has 1 saturated heterocycles. The van der Waals surface area contributed by atoms with Crippen LogP contribution in [-0.2, 0) is 0 Å². The molecule has 4 rings (SSSR count). The van der Waals surface area contributed by atoms with Gasteiger partial charge in [0, 0.05) is 31.4 Å². The van der Waals surface area contributed by atoms with E-state index in [0.29, 0.717) is 31.1 Å². The van der Waals surface area contributed by atoms with Crippen molar-refractivity contribution < 1.29 is 13.9 Å². The summed E-state index contributed by atoms with van der Waals surface area (Å²) in [5.41, 5.74) is 2.15. The molecule has 1 aromatic carbocycles. The molecule has 1 fully saturated rings. The number of hydrogen-bond acceptors (Lipinski definition) is 4. The average molecular weight is 384 g/mol. The lowest BCUT2D eigenvalue weighted by Crippen LogP contribution is -2.52. The Hall–Kier alpha value is -2.83. The number of ether oxygens (including phenoxy) is 1. The maximum atomic E-state index is 13.6. The van der Waals surface area contributed by atoms with Crippen LogP contribution in [-0.4, -0.2) is 49.5 Å². The molecule has 2 aliphatic heterocycles. The second-order valence-corrected chi connectivity index (χ2v) is 7.90. The Morgan fingerprint density at radius 3 is 2.86 bits per heavy atom. The zero-order chi connectivity index (χ0) is 19.9. The number of carbonyl (C=O) groups is 1. The number of pyridine rings is 1. The van der Waals surface area contributed by atoms with Gasteiger partial charge in [-0.2, -0.15) is 0 Å². The van der Waals surface area contributed by atoms with Crippen molar-refractivity contribution in [2.75, 3.05) is 36.5 Å². The average Bonchev–Trinajstić information content (AvgIpc) is 3.12. The van der Waals surface area contributed by atoms with E-state index in [1.807, 2.05) is 50.2 Å². The van der Waals surface area contributed by atoms with Crippen LogP contribution in [0.5, 0.6) is 5.75 Å². The molecule has 6 nitrogen and oxygen atoms in total. The molecule has 2 aliphatic rings. The number of anilines is 2. The van der Waals surface area contributed by atoms with Crippen LogP contribution in [0.2, 0.25) is 0 Å². The summed E-state index contributed by atoms with van der Waals surface area (Å²) < 4.78 is 19.6. The predicted molar refractivity (Wildman–Crippen MR) is 108 cm³/mol. The molecule has 1 atom stereocenters. The van der Waals surface area contributed by atoms with Crippen molar-refractivity contribution in [3.8, 4) is 17.0 Å². The fourth-order valence-corrected chi connectivity index (χ4v) is 3.77. The van der Waals surface area contributed by atoms with Crippen molar-refractivity contribution in [1.82, 2.24) is 10.3 Å². The third-order valence-electron chi connectivity index (χ3n) is 5.12. The molecule has 0 unspecified atom stereocenters. The normalized spacial score (nSPS) is 20.5. The molecular weight excluding hydrogens is 359 g/mol. The first-order valence-electron chi connectivity index (χ1n) is 9.55. The number of fused-ring (bicyclic) bond motifs is 1. The lowest BCUT2D eigenvalue weighted by molar-refractivity contribution is 0.105. The summed E-state index contributed by atoms with van der Waals surface area (Å²) in [6, 6.07) is 11.5. The number of rotatable bonds is 2. The molecule has 2 aromatic rings. The first-order chi connectivity index (χ1) is 13.4. The number of nitrogens with zero attached hydrogens (tertiary/aromatic N) is 3. The van der Waals surface area contributed by atoms with Gasteiger partial charge in [-0.15, -0.1) is 0 Å². The van der Waals surface area contributed by atoms with Crippen LogP contribution >= 0.6 is 0 Å². The quantitative estimate of drug-likeness (QED) is 0.859. The van der Waals surface area contributed by atoms with Crippen LogP contribution in [0.25, 0.3) is 11.3 Å². The van der Waals surface area contributed by atoms with Crippen molar-refractivity contribution in [2.24, 2.45) is 0 Å². The van der Waals surface area contributed by atoms with Gasteiger partial charge < -0.3 is 15.0 Å². The summed E-state index contributed by atoms with van der Waals surface area (Å²) in [6.45, 7) is 5.43. The van der Waals surface area contributed by atoms with Crippen LogP contribution in [0.1, 0.15) is 20.3 Å². The number of hydrogen-bond donors (Lipinski definition) is 1. The summed E-state index contributed by atoms with van der Waals surface area (Å²) in [7, 11) is 1.60. The van der Waals surface area contributed by atoms with Gasteiger partial charge >= 0.3 is 6.03 Å². The van der Waals surface area contributed by atoms with E-state index in [9.17, 15) is 9.18 Å². The molecule has 1 aromatic heterocycles. The van der Waals surface area contributed by atoms with E-state index >= 15 is 0 Å². The second-order valence-electron chi connectivity index (χ2n) is 7.90. The van der Waals surface area contributed by atoms with Gasteiger partial charge in [0.1, 0.15) is 11.8 Å². The van der Waals surface area contributed by atoms with Crippen LogP contribution in [0.3, 0.4) is 0 Å². The number of aromatic nitrogens is 1. The third kappa shape index (κ3) is 3.48. The van der Waals surface area contributed by atoms with Gasteiger partial charge in [-0.3, -0.25) is 4.90 Å². The standard InChI is InChI=1S/C21H25FN4O2/c1-21(2)13-26(20(27)23-3)19-18(28-21)8-7-17(24-19)14-5-4-6-16(11-14)25-10-9-15(22)12-25/h4-8,11,15H,9-10,12-13H2,1-3H3,(H,23,27)/t15-/m1/s1. The zero-order valence-electron chi connectivity index (χ0n) is 16.4. The fraction of sp³-hybridized carbons (Fsp3) is 0.429. The molecule has 28 heavy (non-hydrogen) atoms. The molecule has 0 radical (unpaired) electrons. The van der Waals surface area contributed by atoms with E-state index < -0.39 is 11.8 Å². The van der Waals surface area contributed by atoms with Gasteiger partial charge in [0.05, 0.1) is 12.2 Å². The molecule has 3 heterocycles. The predicted octanol–water partition coefficient (Wildman–Crippen LogP) is 3.61. The topological polar surface area (TPSA) is 57.7 Å². The fourth-order valence-electron chi connectivity index (χ4n) is 3.77. The summed E-state index contributed by atoms with van der Waals surface area (Å²) in [5, 5.41) is 2.67. The number of urea groups is 1. The van der Waals surface area contributed by atoms with Crippen molar-refractivity contribution in [2.45, 2.75) is 32.0 Å². The first kappa shape index (κ1) is 18.5. The highest BCUT2D eigenvalue weighted by atomic mass is 19.1. The van der Waals surface area contributed by atoms with E-state index in [-0.39, 0.29) is 6.03 Å². The van der Waals surface area contributed by atoms with E-state index in [1.165, 1.54) is 0 Å². The monoisotopic (exact) mass is 384 g/mol. The van der Waals surface area contributed by atoms with Crippen LogP contribution in [0.4, 0.5) is 20.7 Å². The number of nitrogens with one attached hydrogen (secondary N) is 1. The molecular formula is C21H25FN4O2. The van der Waals surface area contributed by atoms with Gasteiger partial charge in [-0.05, 0) is 44.5 Å². The van der Waals surface area contributed by atoms with Crippen LogP contribution in [0, 0.1) is 0 Å². The Morgan fingerprint density at radius 1 is 1.32 bits per heavy atom. The minimum atomic E-state index is -0.771. The number of amides is 2.